The Kier molecular flexibility index (Phi) is 13.0. The summed E-state index contributed by atoms with van der Waals surface area (Å²) >= 11 is 0. The Morgan fingerprint density at radius 1 is 0.857 bits per heavy atom. The first-order valence-corrected chi connectivity index (χ1v) is 13.8. The van der Waals surface area contributed by atoms with Crippen LogP contribution in [0.15, 0.2) is 22.7 Å². The van der Waals surface area contributed by atoms with Crippen LogP contribution in [-0.4, -0.2) is 22.6 Å². The number of esters is 1. The Labute approximate surface area is 213 Å². The lowest BCUT2D eigenvalue weighted by Gasteiger charge is -2.33. The van der Waals surface area contributed by atoms with E-state index in [-0.39, 0.29) is 41.0 Å². The normalized spacial score (nSPS) is 17.1. The minimum atomic E-state index is -0.763. The van der Waals surface area contributed by atoms with Gasteiger partial charge in [-0.15, -0.1) is 0 Å². The van der Waals surface area contributed by atoms with E-state index in [2.05, 4.69) is 41.5 Å². The van der Waals surface area contributed by atoms with Crippen LogP contribution in [0.25, 0.3) is 0 Å². The maximum atomic E-state index is 14.0. The summed E-state index contributed by atoms with van der Waals surface area (Å²) in [6.07, 6.45) is 5.42. The molecule has 0 bridgehead atoms. The van der Waals surface area contributed by atoms with Crippen LogP contribution < -0.4 is 0 Å². The van der Waals surface area contributed by atoms with Gasteiger partial charge in [-0.1, -0.05) is 75.2 Å². The van der Waals surface area contributed by atoms with Crippen LogP contribution in [0.1, 0.15) is 114 Å². The number of ether oxygens (including phenoxy) is 1. The van der Waals surface area contributed by atoms with E-state index in [1.807, 2.05) is 6.92 Å². The van der Waals surface area contributed by atoms with Crippen LogP contribution in [0.3, 0.4) is 0 Å². The zero-order valence-electron chi connectivity index (χ0n) is 23.7. The van der Waals surface area contributed by atoms with Crippen molar-refractivity contribution in [2.45, 2.75) is 114 Å². The first-order valence-electron chi connectivity index (χ1n) is 13.8. The molecule has 1 N–H and O–H groups in total. The zero-order valence-corrected chi connectivity index (χ0v) is 23.7. The summed E-state index contributed by atoms with van der Waals surface area (Å²) in [6, 6.07) is 0. The maximum absolute atomic E-state index is 14.0. The first kappa shape index (κ1) is 31.1. The van der Waals surface area contributed by atoms with Crippen LogP contribution in [-0.2, 0) is 19.1 Å². The highest BCUT2D eigenvalue weighted by Crippen LogP contribution is 2.42. The Bertz CT molecular complexity index is 786. The summed E-state index contributed by atoms with van der Waals surface area (Å²) < 4.78 is 5.71. The molecule has 0 radical (unpaired) electrons. The Morgan fingerprint density at radius 2 is 1.37 bits per heavy atom. The highest BCUT2D eigenvalue weighted by atomic mass is 16.5. The van der Waals surface area contributed by atoms with E-state index in [1.54, 1.807) is 13.8 Å². The minimum Gasteiger partial charge on any atom is -0.511 e. The Balaban J connectivity index is 3.71. The van der Waals surface area contributed by atoms with Gasteiger partial charge in [0.25, 0.3) is 0 Å². The average Bonchev–Trinajstić information content (AvgIpc) is 2.74. The van der Waals surface area contributed by atoms with E-state index in [0.717, 1.165) is 32.1 Å². The van der Waals surface area contributed by atoms with Crippen LogP contribution in [0.2, 0.25) is 0 Å². The minimum absolute atomic E-state index is 0.00743. The predicted molar refractivity (Wildman–Crippen MR) is 142 cm³/mol. The van der Waals surface area contributed by atoms with Gasteiger partial charge in [0.2, 0.25) is 0 Å². The lowest BCUT2D eigenvalue weighted by Crippen LogP contribution is -2.36. The quantitative estimate of drug-likeness (QED) is 0.237. The van der Waals surface area contributed by atoms with Crippen LogP contribution in [0.4, 0.5) is 0 Å². The van der Waals surface area contributed by atoms with Gasteiger partial charge >= 0.3 is 5.97 Å². The maximum Gasteiger partial charge on any atom is 0.311 e. The standard InChI is InChI=1S/C30H50O5/c1-10-11-24(31)35-30-23(17-14-20(6)7)28(33)25(29(34)26(30)27(32)21(8)9)22(15-12-18(2)3)16-13-19(4)5/h18-22,25,34H,10-17H2,1-9H3. The van der Waals surface area contributed by atoms with Gasteiger partial charge in [-0.25, -0.2) is 0 Å². The smallest absolute Gasteiger partial charge is 0.311 e. The highest BCUT2D eigenvalue weighted by Gasteiger charge is 2.44. The van der Waals surface area contributed by atoms with Gasteiger partial charge in [-0.3, -0.25) is 14.4 Å². The van der Waals surface area contributed by atoms with E-state index in [1.165, 1.54) is 0 Å². The van der Waals surface area contributed by atoms with Gasteiger partial charge in [0.05, 0.1) is 11.5 Å². The molecule has 1 aliphatic rings. The van der Waals surface area contributed by atoms with Crippen molar-refractivity contribution in [3.8, 4) is 0 Å². The van der Waals surface area contributed by atoms with Crippen molar-refractivity contribution in [2.24, 2.45) is 35.5 Å². The lowest BCUT2D eigenvalue weighted by atomic mass is 9.71. The van der Waals surface area contributed by atoms with Crippen molar-refractivity contribution in [3.63, 3.8) is 0 Å². The molecule has 0 saturated carbocycles. The summed E-state index contributed by atoms with van der Waals surface area (Å²) in [5.74, 6) is -1.09. The predicted octanol–water partition coefficient (Wildman–Crippen LogP) is 7.74. The molecule has 0 heterocycles. The number of carbonyl (C=O) groups excluding carboxylic acids is 3. The molecular weight excluding hydrogens is 440 g/mol. The summed E-state index contributed by atoms with van der Waals surface area (Å²) in [6.45, 7) is 18.2. The molecule has 35 heavy (non-hydrogen) atoms. The van der Waals surface area contributed by atoms with Crippen molar-refractivity contribution >= 4 is 17.5 Å². The van der Waals surface area contributed by atoms with Crippen LogP contribution in [0, 0.1) is 35.5 Å². The van der Waals surface area contributed by atoms with Gasteiger partial charge in [0.15, 0.2) is 17.3 Å². The first-order chi connectivity index (χ1) is 16.3. The Hall–Kier alpha value is -1.91. The highest BCUT2D eigenvalue weighted by molar-refractivity contribution is 6.10. The summed E-state index contributed by atoms with van der Waals surface area (Å²) in [4.78, 5) is 39.9. The molecule has 0 aromatic rings. The van der Waals surface area contributed by atoms with E-state index in [9.17, 15) is 19.5 Å². The fraction of sp³-hybridized carbons (Fsp3) is 0.767. The van der Waals surface area contributed by atoms with Gasteiger partial charge in [-0.05, 0) is 55.8 Å². The number of hydrogen-bond donors (Lipinski definition) is 1. The molecule has 1 rings (SSSR count). The lowest BCUT2D eigenvalue weighted by molar-refractivity contribution is -0.139. The third-order valence-electron chi connectivity index (χ3n) is 6.75. The monoisotopic (exact) mass is 490 g/mol. The second-order valence-corrected chi connectivity index (χ2v) is 11.8. The SMILES string of the molecule is CCCC(=O)OC1=C(CCC(C)C)C(=O)C(C(CCC(C)C)CCC(C)C)C(O)=C1C(=O)C(C)C. The molecule has 200 valence electrons. The van der Waals surface area contributed by atoms with E-state index >= 15 is 0 Å². The Morgan fingerprint density at radius 3 is 1.80 bits per heavy atom. The number of carbonyl (C=O) groups is 3. The number of Topliss-reactive ketones (excluding diaryl/α,β-unsaturated/α-hetero) is 2. The largest absolute Gasteiger partial charge is 0.511 e. The number of allylic oxidation sites excluding steroid dienone is 3. The third kappa shape index (κ3) is 9.24. The molecule has 1 unspecified atom stereocenters. The molecule has 0 aromatic carbocycles. The molecular formula is C30H50O5. The molecule has 1 atom stereocenters. The topological polar surface area (TPSA) is 80.7 Å². The van der Waals surface area contributed by atoms with Crippen molar-refractivity contribution in [2.75, 3.05) is 0 Å². The number of ketones is 2. The van der Waals surface area contributed by atoms with Gasteiger partial charge in [-0.2, -0.15) is 0 Å². The molecule has 1 aliphatic carbocycles. The van der Waals surface area contributed by atoms with Crippen molar-refractivity contribution < 1.29 is 24.2 Å². The fourth-order valence-electron chi connectivity index (χ4n) is 4.53. The van der Waals surface area contributed by atoms with Crippen LogP contribution in [0.5, 0.6) is 0 Å². The molecule has 0 fully saturated rings. The molecule has 5 heteroatoms. The summed E-state index contributed by atoms with van der Waals surface area (Å²) in [5, 5.41) is 11.5. The van der Waals surface area contributed by atoms with Gasteiger partial charge in [0.1, 0.15) is 5.76 Å². The average molecular weight is 491 g/mol. The molecule has 0 aromatic heterocycles. The molecule has 5 nitrogen and oxygen atoms in total. The van der Waals surface area contributed by atoms with E-state index in [4.69, 9.17) is 4.74 Å². The molecule has 0 saturated heterocycles. The molecule has 0 spiro atoms. The summed E-state index contributed by atoms with van der Waals surface area (Å²) in [7, 11) is 0. The van der Waals surface area contributed by atoms with Gasteiger partial charge < -0.3 is 9.84 Å². The van der Waals surface area contributed by atoms with Crippen molar-refractivity contribution in [1.82, 2.24) is 0 Å². The summed E-state index contributed by atoms with van der Waals surface area (Å²) in [5.41, 5.74) is 0.445. The van der Waals surface area contributed by atoms with Gasteiger partial charge in [0, 0.05) is 17.9 Å². The second kappa shape index (κ2) is 14.6. The van der Waals surface area contributed by atoms with E-state index < -0.39 is 17.8 Å². The number of aliphatic hydroxyl groups is 1. The molecule has 0 amide bonds. The fourth-order valence-corrected chi connectivity index (χ4v) is 4.53. The van der Waals surface area contributed by atoms with Crippen LogP contribution >= 0.6 is 0 Å². The second-order valence-electron chi connectivity index (χ2n) is 11.8. The zero-order chi connectivity index (χ0) is 26.9. The van der Waals surface area contributed by atoms with Crippen molar-refractivity contribution in [3.05, 3.63) is 22.7 Å². The van der Waals surface area contributed by atoms with E-state index in [0.29, 0.717) is 36.2 Å². The third-order valence-corrected chi connectivity index (χ3v) is 6.75. The number of aliphatic hydroxyl groups excluding tert-OH is 1. The molecule has 0 aliphatic heterocycles. The number of rotatable bonds is 15. The van der Waals surface area contributed by atoms with Crippen molar-refractivity contribution in [1.29, 1.82) is 0 Å². The number of hydrogen-bond acceptors (Lipinski definition) is 5.